The average molecular weight is 301 g/mol. The SMILES string of the molecule is CC(C)c1n[nH]c(C2CN(CCc3ccccn3)CCO2)n1. The van der Waals surface area contributed by atoms with E-state index in [0.717, 1.165) is 50.0 Å². The molecule has 118 valence electrons. The zero-order valence-electron chi connectivity index (χ0n) is 13.2. The molecule has 1 aliphatic rings. The van der Waals surface area contributed by atoms with Crippen LogP contribution in [0.25, 0.3) is 0 Å². The van der Waals surface area contributed by atoms with Crippen molar-refractivity contribution in [3.8, 4) is 0 Å². The van der Waals surface area contributed by atoms with Crippen LogP contribution in [0.1, 0.15) is 43.2 Å². The van der Waals surface area contributed by atoms with Crippen molar-refractivity contribution in [1.29, 1.82) is 0 Å². The summed E-state index contributed by atoms with van der Waals surface area (Å²) in [5.41, 5.74) is 1.13. The number of rotatable bonds is 5. The summed E-state index contributed by atoms with van der Waals surface area (Å²) < 4.78 is 5.85. The molecule has 0 aromatic carbocycles. The van der Waals surface area contributed by atoms with Gasteiger partial charge in [-0.15, -0.1) is 0 Å². The molecular formula is C16H23N5O. The van der Waals surface area contributed by atoms with Crippen LogP contribution in [0, 0.1) is 0 Å². The Kier molecular flexibility index (Phi) is 4.80. The van der Waals surface area contributed by atoms with Crippen molar-refractivity contribution in [2.45, 2.75) is 32.3 Å². The standard InChI is InChI=1S/C16H23N5O/c1-12(2)15-18-16(20-19-15)14-11-21(9-10-22-14)8-6-13-5-3-4-7-17-13/h3-5,7,12,14H,6,8-11H2,1-2H3,(H,18,19,20). The van der Waals surface area contributed by atoms with Crippen molar-refractivity contribution < 1.29 is 4.74 Å². The van der Waals surface area contributed by atoms with E-state index in [4.69, 9.17) is 4.74 Å². The summed E-state index contributed by atoms with van der Waals surface area (Å²) in [6.45, 7) is 7.70. The second-order valence-electron chi connectivity index (χ2n) is 5.96. The molecule has 2 aromatic rings. The molecule has 2 aromatic heterocycles. The van der Waals surface area contributed by atoms with E-state index in [2.05, 4.69) is 45.0 Å². The number of H-pyrrole nitrogens is 1. The Labute approximate surface area is 130 Å². The van der Waals surface area contributed by atoms with E-state index in [-0.39, 0.29) is 6.10 Å². The van der Waals surface area contributed by atoms with Gasteiger partial charge in [-0.05, 0) is 12.1 Å². The van der Waals surface area contributed by atoms with Crippen LogP contribution in [-0.4, -0.2) is 51.3 Å². The highest BCUT2D eigenvalue weighted by molar-refractivity contribution is 5.04. The number of morpholine rings is 1. The van der Waals surface area contributed by atoms with Crippen LogP contribution >= 0.6 is 0 Å². The lowest BCUT2D eigenvalue weighted by Gasteiger charge is -2.31. The maximum absolute atomic E-state index is 5.85. The van der Waals surface area contributed by atoms with E-state index in [0.29, 0.717) is 5.92 Å². The van der Waals surface area contributed by atoms with Gasteiger partial charge in [-0.1, -0.05) is 19.9 Å². The molecule has 1 N–H and O–H groups in total. The Morgan fingerprint density at radius 1 is 1.41 bits per heavy atom. The normalized spacial score (nSPS) is 19.7. The van der Waals surface area contributed by atoms with Crippen molar-refractivity contribution >= 4 is 0 Å². The summed E-state index contributed by atoms with van der Waals surface area (Å²) in [7, 11) is 0. The number of hydrogen-bond donors (Lipinski definition) is 1. The first-order valence-electron chi connectivity index (χ1n) is 7.88. The van der Waals surface area contributed by atoms with Crippen LogP contribution in [-0.2, 0) is 11.2 Å². The highest BCUT2D eigenvalue weighted by atomic mass is 16.5. The van der Waals surface area contributed by atoms with E-state index < -0.39 is 0 Å². The number of aromatic amines is 1. The van der Waals surface area contributed by atoms with Gasteiger partial charge in [0.25, 0.3) is 0 Å². The Morgan fingerprint density at radius 2 is 2.32 bits per heavy atom. The summed E-state index contributed by atoms with van der Waals surface area (Å²) in [5.74, 6) is 2.02. The molecular weight excluding hydrogens is 278 g/mol. The van der Waals surface area contributed by atoms with Crippen molar-refractivity contribution in [3.05, 3.63) is 41.7 Å². The summed E-state index contributed by atoms with van der Waals surface area (Å²) in [5, 5.41) is 7.29. The minimum Gasteiger partial charge on any atom is -0.368 e. The topological polar surface area (TPSA) is 66.9 Å². The predicted molar refractivity (Wildman–Crippen MR) is 83.5 cm³/mol. The minimum absolute atomic E-state index is 0.0162. The Hall–Kier alpha value is -1.79. The highest BCUT2D eigenvalue weighted by Crippen LogP contribution is 2.20. The number of nitrogens with zero attached hydrogens (tertiary/aromatic N) is 4. The first-order chi connectivity index (χ1) is 10.7. The van der Waals surface area contributed by atoms with Crippen LogP contribution < -0.4 is 0 Å². The second kappa shape index (κ2) is 6.98. The average Bonchev–Trinajstić information content (AvgIpc) is 3.05. The van der Waals surface area contributed by atoms with Gasteiger partial charge in [0.1, 0.15) is 6.10 Å². The molecule has 22 heavy (non-hydrogen) atoms. The smallest absolute Gasteiger partial charge is 0.155 e. The van der Waals surface area contributed by atoms with Gasteiger partial charge in [0, 0.05) is 43.9 Å². The van der Waals surface area contributed by atoms with Crippen molar-refractivity contribution in [2.24, 2.45) is 0 Å². The zero-order valence-corrected chi connectivity index (χ0v) is 13.2. The lowest BCUT2D eigenvalue weighted by Crippen LogP contribution is -2.39. The predicted octanol–water partition coefficient (Wildman–Crippen LogP) is 1.94. The quantitative estimate of drug-likeness (QED) is 0.914. The van der Waals surface area contributed by atoms with E-state index in [9.17, 15) is 0 Å². The van der Waals surface area contributed by atoms with Crippen molar-refractivity contribution in [2.75, 3.05) is 26.2 Å². The molecule has 1 saturated heterocycles. The van der Waals surface area contributed by atoms with Gasteiger partial charge in [0.15, 0.2) is 11.6 Å². The molecule has 0 bridgehead atoms. The number of aromatic nitrogens is 4. The van der Waals surface area contributed by atoms with Crippen LogP contribution in [0.15, 0.2) is 24.4 Å². The fourth-order valence-electron chi connectivity index (χ4n) is 2.58. The van der Waals surface area contributed by atoms with Gasteiger partial charge in [0.05, 0.1) is 6.61 Å². The molecule has 0 spiro atoms. The van der Waals surface area contributed by atoms with E-state index in [1.165, 1.54) is 0 Å². The first-order valence-corrected chi connectivity index (χ1v) is 7.88. The molecule has 0 aliphatic carbocycles. The molecule has 1 unspecified atom stereocenters. The van der Waals surface area contributed by atoms with Gasteiger partial charge < -0.3 is 4.74 Å². The molecule has 3 rings (SSSR count). The fraction of sp³-hybridized carbons (Fsp3) is 0.562. The molecule has 6 heteroatoms. The fourth-order valence-corrected chi connectivity index (χ4v) is 2.58. The molecule has 1 fully saturated rings. The molecule has 3 heterocycles. The van der Waals surface area contributed by atoms with Crippen molar-refractivity contribution in [3.63, 3.8) is 0 Å². The maximum atomic E-state index is 5.85. The molecule has 0 radical (unpaired) electrons. The molecule has 1 atom stereocenters. The molecule has 0 saturated carbocycles. The van der Waals surface area contributed by atoms with Gasteiger partial charge in [-0.2, -0.15) is 5.10 Å². The van der Waals surface area contributed by atoms with Gasteiger partial charge in [0.2, 0.25) is 0 Å². The molecule has 6 nitrogen and oxygen atoms in total. The van der Waals surface area contributed by atoms with Crippen LogP contribution in [0.2, 0.25) is 0 Å². The van der Waals surface area contributed by atoms with Crippen LogP contribution in [0.5, 0.6) is 0 Å². The highest BCUT2D eigenvalue weighted by Gasteiger charge is 2.25. The first kappa shape index (κ1) is 15.1. The third-order valence-corrected chi connectivity index (χ3v) is 3.90. The Balaban J connectivity index is 1.56. The monoisotopic (exact) mass is 301 g/mol. The maximum Gasteiger partial charge on any atom is 0.155 e. The summed E-state index contributed by atoms with van der Waals surface area (Å²) in [6.07, 6.45) is 2.79. The summed E-state index contributed by atoms with van der Waals surface area (Å²) >= 11 is 0. The Bertz CT molecular complexity index is 583. The lowest BCUT2D eigenvalue weighted by atomic mass is 10.2. The van der Waals surface area contributed by atoms with Gasteiger partial charge >= 0.3 is 0 Å². The number of hydrogen-bond acceptors (Lipinski definition) is 5. The van der Waals surface area contributed by atoms with Gasteiger partial charge in [-0.25, -0.2) is 4.98 Å². The summed E-state index contributed by atoms with van der Waals surface area (Å²) in [4.78, 5) is 11.3. The van der Waals surface area contributed by atoms with Crippen LogP contribution in [0.3, 0.4) is 0 Å². The zero-order chi connectivity index (χ0) is 15.4. The summed E-state index contributed by atoms with van der Waals surface area (Å²) in [6, 6.07) is 6.06. The third kappa shape index (κ3) is 3.69. The van der Waals surface area contributed by atoms with E-state index in [1.807, 2.05) is 18.3 Å². The number of ether oxygens (including phenoxy) is 1. The number of nitrogens with one attached hydrogen (secondary N) is 1. The Morgan fingerprint density at radius 3 is 3.05 bits per heavy atom. The number of pyridine rings is 1. The minimum atomic E-state index is -0.0162. The second-order valence-corrected chi connectivity index (χ2v) is 5.96. The van der Waals surface area contributed by atoms with Crippen molar-refractivity contribution in [1.82, 2.24) is 25.1 Å². The largest absolute Gasteiger partial charge is 0.368 e. The molecule has 1 aliphatic heterocycles. The van der Waals surface area contributed by atoms with Gasteiger partial charge in [-0.3, -0.25) is 15.0 Å². The van der Waals surface area contributed by atoms with E-state index >= 15 is 0 Å². The lowest BCUT2D eigenvalue weighted by molar-refractivity contribution is -0.0338. The van der Waals surface area contributed by atoms with E-state index in [1.54, 1.807) is 0 Å². The van der Waals surface area contributed by atoms with Crippen LogP contribution in [0.4, 0.5) is 0 Å². The molecule has 0 amide bonds. The third-order valence-electron chi connectivity index (χ3n) is 3.90.